The van der Waals surface area contributed by atoms with E-state index in [1.54, 1.807) is 30.6 Å². The van der Waals surface area contributed by atoms with E-state index in [2.05, 4.69) is 15.3 Å². The Morgan fingerprint density at radius 3 is 2.86 bits per heavy atom. The van der Waals surface area contributed by atoms with E-state index in [9.17, 15) is 14.3 Å². The van der Waals surface area contributed by atoms with Gasteiger partial charge in [-0.25, -0.2) is 14.4 Å². The number of halogens is 1. The summed E-state index contributed by atoms with van der Waals surface area (Å²) in [6, 6.07) is 10.3. The molecule has 0 saturated carbocycles. The van der Waals surface area contributed by atoms with Gasteiger partial charge in [0.25, 0.3) is 5.91 Å². The van der Waals surface area contributed by atoms with Crippen molar-refractivity contribution in [1.29, 1.82) is 0 Å². The lowest BCUT2D eigenvalue weighted by atomic mass is 10.1. The Morgan fingerprint density at radius 2 is 2.11 bits per heavy atom. The van der Waals surface area contributed by atoms with E-state index in [4.69, 9.17) is 4.42 Å². The summed E-state index contributed by atoms with van der Waals surface area (Å²) < 4.78 is 19.2. The number of hydrogen-bond acceptors (Lipinski definition) is 6. The summed E-state index contributed by atoms with van der Waals surface area (Å²) in [5.74, 6) is -0.786. The van der Waals surface area contributed by atoms with E-state index in [-0.39, 0.29) is 22.7 Å². The van der Waals surface area contributed by atoms with Crippen molar-refractivity contribution in [3.8, 4) is 5.75 Å². The van der Waals surface area contributed by atoms with Crippen LogP contribution in [0.25, 0.3) is 11.0 Å². The van der Waals surface area contributed by atoms with Crippen LogP contribution in [0.15, 0.2) is 63.5 Å². The summed E-state index contributed by atoms with van der Waals surface area (Å²) >= 11 is 1.29. The minimum Gasteiger partial charge on any atom is -0.508 e. The monoisotopic (exact) mass is 395 g/mol. The number of carbonyl (C=O) groups is 1. The molecule has 0 radical (unpaired) electrons. The maximum atomic E-state index is 13.4. The number of phenolic OH excluding ortho intramolecular Hbond substituents is 1. The van der Waals surface area contributed by atoms with Crippen LogP contribution in [0.4, 0.5) is 15.2 Å². The van der Waals surface area contributed by atoms with Crippen LogP contribution in [0, 0.1) is 12.7 Å². The first-order valence-electron chi connectivity index (χ1n) is 8.28. The zero-order valence-corrected chi connectivity index (χ0v) is 15.5. The van der Waals surface area contributed by atoms with E-state index in [1.807, 2.05) is 0 Å². The molecule has 0 saturated heterocycles. The molecule has 0 aliphatic heterocycles. The molecule has 28 heavy (non-hydrogen) atoms. The molecule has 0 spiro atoms. The zero-order valence-electron chi connectivity index (χ0n) is 14.6. The van der Waals surface area contributed by atoms with Crippen molar-refractivity contribution in [1.82, 2.24) is 4.98 Å². The number of rotatable bonds is 3. The zero-order chi connectivity index (χ0) is 19.7. The number of carbonyl (C=O) groups excluding carboxylic acids is 1. The Kier molecular flexibility index (Phi) is 4.62. The Hall–Kier alpha value is -3.52. The van der Waals surface area contributed by atoms with Gasteiger partial charge in [-0.05, 0) is 48.9 Å². The molecule has 140 valence electrons. The van der Waals surface area contributed by atoms with Crippen molar-refractivity contribution in [3.05, 3.63) is 76.5 Å². The van der Waals surface area contributed by atoms with Gasteiger partial charge in [-0.15, -0.1) is 11.3 Å². The molecule has 4 aromatic rings. The van der Waals surface area contributed by atoms with Gasteiger partial charge in [0.05, 0.1) is 5.69 Å². The summed E-state index contributed by atoms with van der Waals surface area (Å²) in [6.07, 6.45) is 1.58. The predicted molar refractivity (Wildman–Crippen MR) is 104 cm³/mol. The molecule has 0 fully saturated rings. The molecule has 0 unspecified atom stereocenters. The molecule has 6 nitrogen and oxygen atoms in total. The molecule has 2 aromatic carbocycles. The number of thiazole rings is 1. The minimum atomic E-state index is -0.438. The molecule has 1 amide bonds. The van der Waals surface area contributed by atoms with Crippen LogP contribution in [0.5, 0.6) is 5.75 Å². The molecule has 0 bridgehead atoms. The number of benzene rings is 2. The standard InChI is InChI=1S/C20H14FN3O3S/c1-11-8-13(21)3-5-16(11)23-19-15(18(26)24-20-22-6-7-28-20)9-12-2-4-14(25)10-17(12)27-19/h2-10,25H,1H3,(H,22,24,26). The van der Waals surface area contributed by atoms with Crippen molar-refractivity contribution in [2.24, 2.45) is 4.99 Å². The molecule has 0 aliphatic rings. The fraction of sp³-hybridized carbons (Fsp3) is 0.0500. The fourth-order valence-electron chi connectivity index (χ4n) is 2.66. The molecule has 4 rings (SSSR count). The van der Waals surface area contributed by atoms with E-state index in [0.29, 0.717) is 27.4 Å². The summed E-state index contributed by atoms with van der Waals surface area (Å²) in [5.41, 5.74) is 1.66. The Morgan fingerprint density at radius 1 is 1.25 bits per heavy atom. The van der Waals surface area contributed by atoms with Crippen molar-refractivity contribution in [2.75, 3.05) is 5.32 Å². The Balaban J connectivity index is 1.90. The SMILES string of the molecule is Cc1cc(F)ccc1N=c1oc2cc(O)ccc2cc1C(=O)Nc1nccs1. The number of aromatic nitrogens is 1. The summed E-state index contributed by atoms with van der Waals surface area (Å²) in [7, 11) is 0. The van der Waals surface area contributed by atoms with Crippen LogP contribution in [-0.2, 0) is 0 Å². The van der Waals surface area contributed by atoms with Gasteiger partial charge >= 0.3 is 0 Å². The van der Waals surface area contributed by atoms with Gasteiger partial charge < -0.3 is 9.52 Å². The quantitative estimate of drug-likeness (QED) is 0.534. The highest BCUT2D eigenvalue weighted by molar-refractivity contribution is 7.13. The van der Waals surface area contributed by atoms with Gasteiger partial charge in [0.2, 0.25) is 5.55 Å². The lowest BCUT2D eigenvalue weighted by Gasteiger charge is -2.06. The molecule has 8 heteroatoms. The summed E-state index contributed by atoms with van der Waals surface area (Å²) in [5, 5.41) is 15.2. The summed E-state index contributed by atoms with van der Waals surface area (Å²) in [4.78, 5) is 21.3. The number of aryl methyl sites for hydroxylation is 1. The van der Waals surface area contributed by atoms with Crippen LogP contribution < -0.4 is 10.9 Å². The van der Waals surface area contributed by atoms with Crippen LogP contribution in [0.1, 0.15) is 15.9 Å². The van der Waals surface area contributed by atoms with E-state index < -0.39 is 5.91 Å². The second-order valence-corrected chi connectivity index (χ2v) is 6.92. The lowest BCUT2D eigenvalue weighted by Crippen LogP contribution is -2.21. The summed E-state index contributed by atoms with van der Waals surface area (Å²) in [6.45, 7) is 1.71. The topological polar surface area (TPSA) is 87.7 Å². The Labute approximate surface area is 162 Å². The number of anilines is 1. The van der Waals surface area contributed by atoms with E-state index in [0.717, 1.165) is 0 Å². The van der Waals surface area contributed by atoms with Gasteiger partial charge in [0.15, 0.2) is 5.13 Å². The predicted octanol–water partition coefficient (Wildman–Crippen LogP) is 4.53. The molecular formula is C20H14FN3O3S. The average Bonchev–Trinajstić information content (AvgIpc) is 3.16. The first-order chi connectivity index (χ1) is 13.5. The van der Waals surface area contributed by atoms with Crippen LogP contribution in [0.2, 0.25) is 0 Å². The molecular weight excluding hydrogens is 381 g/mol. The molecule has 2 aromatic heterocycles. The molecule has 0 atom stereocenters. The van der Waals surface area contributed by atoms with Crippen LogP contribution in [0.3, 0.4) is 0 Å². The van der Waals surface area contributed by atoms with Gasteiger partial charge in [-0.3, -0.25) is 10.1 Å². The Bertz CT molecular complexity index is 1250. The van der Waals surface area contributed by atoms with Gasteiger partial charge in [-0.1, -0.05) is 0 Å². The van der Waals surface area contributed by atoms with Crippen molar-refractivity contribution >= 4 is 39.0 Å². The van der Waals surface area contributed by atoms with E-state index in [1.165, 1.54) is 41.7 Å². The van der Waals surface area contributed by atoms with Gasteiger partial charge in [0, 0.05) is 23.0 Å². The van der Waals surface area contributed by atoms with Crippen molar-refractivity contribution in [2.45, 2.75) is 6.92 Å². The largest absolute Gasteiger partial charge is 0.508 e. The first kappa shape index (κ1) is 17.9. The third-order valence-corrected chi connectivity index (χ3v) is 4.70. The maximum absolute atomic E-state index is 13.4. The van der Waals surface area contributed by atoms with Gasteiger partial charge in [-0.2, -0.15) is 0 Å². The molecule has 2 N–H and O–H groups in total. The smallest absolute Gasteiger partial charge is 0.262 e. The van der Waals surface area contributed by atoms with Crippen LogP contribution in [-0.4, -0.2) is 16.0 Å². The average molecular weight is 395 g/mol. The number of amides is 1. The molecule has 0 aliphatic carbocycles. The number of fused-ring (bicyclic) bond motifs is 1. The minimum absolute atomic E-state index is 0.0279. The highest BCUT2D eigenvalue weighted by atomic mass is 32.1. The fourth-order valence-corrected chi connectivity index (χ4v) is 3.18. The van der Waals surface area contributed by atoms with Crippen molar-refractivity contribution < 1.29 is 18.7 Å². The van der Waals surface area contributed by atoms with Crippen molar-refractivity contribution in [3.63, 3.8) is 0 Å². The number of aromatic hydroxyl groups is 1. The maximum Gasteiger partial charge on any atom is 0.262 e. The first-order valence-corrected chi connectivity index (χ1v) is 9.16. The highest BCUT2D eigenvalue weighted by Gasteiger charge is 2.15. The van der Waals surface area contributed by atoms with Crippen LogP contribution >= 0.6 is 11.3 Å². The third-order valence-electron chi connectivity index (χ3n) is 4.01. The lowest BCUT2D eigenvalue weighted by molar-refractivity contribution is 0.102. The second-order valence-electron chi connectivity index (χ2n) is 6.02. The third kappa shape index (κ3) is 3.63. The van der Waals surface area contributed by atoms with E-state index >= 15 is 0 Å². The molecule has 2 heterocycles. The normalized spacial score (nSPS) is 11.7. The highest BCUT2D eigenvalue weighted by Crippen LogP contribution is 2.22. The number of hydrogen-bond donors (Lipinski definition) is 2. The number of phenols is 1. The number of nitrogens with one attached hydrogen (secondary N) is 1. The second kappa shape index (κ2) is 7.24. The van der Waals surface area contributed by atoms with Gasteiger partial charge in [0.1, 0.15) is 22.7 Å². The number of nitrogens with zero attached hydrogens (tertiary/aromatic N) is 2.